The van der Waals surface area contributed by atoms with Gasteiger partial charge in [-0.05, 0) is 27.7 Å². The molecule has 0 aliphatic rings. The predicted octanol–water partition coefficient (Wildman–Crippen LogP) is 1.71. The van der Waals surface area contributed by atoms with Crippen LogP contribution in [0.3, 0.4) is 0 Å². The Labute approximate surface area is 77.7 Å². The highest BCUT2D eigenvalue weighted by molar-refractivity contribution is 5.78. The molecule has 0 bridgehead atoms. The van der Waals surface area contributed by atoms with Gasteiger partial charge in [0.05, 0.1) is 0 Å². The maximum atomic E-state index is 11.1. The fraction of sp³-hybridized carbons (Fsp3) is 0.400. The lowest BCUT2D eigenvalue weighted by Gasteiger charge is -2.08. The highest BCUT2D eigenvalue weighted by Crippen LogP contribution is 2.00. The van der Waals surface area contributed by atoms with Crippen LogP contribution in [0.25, 0.3) is 0 Å². The van der Waals surface area contributed by atoms with Crippen molar-refractivity contribution in [2.75, 3.05) is 0 Å². The topological polar surface area (TPSA) is 34.4 Å². The maximum absolute atomic E-state index is 11.1. The van der Waals surface area contributed by atoms with E-state index in [0.29, 0.717) is 0 Å². The molecule has 0 fully saturated rings. The van der Waals surface area contributed by atoms with Crippen LogP contribution in [0.15, 0.2) is 22.0 Å². The Bertz CT molecular complexity index is 372. The Balaban J connectivity index is 3.38. The molecular weight excluding hydrogens is 164 g/mol. The van der Waals surface area contributed by atoms with Crippen LogP contribution in [0.5, 0.6) is 0 Å². The first-order valence-electron chi connectivity index (χ1n) is 4.23. The molecule has 70 valence electrons. The molecule has 0 saturated heterocycles. The van der Waals surface area contributed by atoms with Crippen LogP contribution < -0.4 is 5.43 Å². The summed E-state index contributed by atoms with van der Waals surface area (Å²) in [6.45, 7) is 7.61. The van der Waals surface area contributed by atoms with Crippen molar-refractivity contribution in [3.8, 4) is 0 Å². The summed E-state index contributed by atoms with van der Waals surface area (Å²) in [6, 6.07) is 3.17. The van der Waals surface area contributed by atoms with E-state index < -0.39 is 0 Å². The van der Waals surface area contributed by atoms with Gasteiger partial charge in [0.25, 0.3) is 0 Å². The summed E-state index contributed by atoms with van der Waals surface area (Å²) in [7, 11) is 0. The Kier molecular flexibility index (Phi) is 2.66. The molecule has 0 N–H and O–H groups in total. The van der Waals surface area contributed by atoms with Crippen LogP contribution in [-0.4, -0.2) is 10.4 Å². The van der Waals surface area contributed by atoms with E-state index in [-0.39, 0.29) is 5.43 Å². The second-order valence-corrected chi connectivity index (χ2v) is 3.33. The third-order valence-electron chi connectivity index (χ3n) is 1.67. The zero-order chi connectivity index (χ0) is 10.0. The molecule has 0 aromatic carbocycles. The van der Waals surface area contributed by atoms with Crippen molar-refractivity contribution >= 4 is 5.71 Å². The summed E-state index contributed by atoms with van der Waals surface area (Å²) in [6.07, 6.45) is 0. The molecule has 0 atom stereocenters. The number of pyridine rings is 1. The van der Waals surface area contributed by atoms with Crippen molar-refractivity contribution in [3.63, 3.8) is 0 Å². The number of aromatic nitrogens is 1. The Morgan fingerprint density at radius 2 is 1.69 bits per heavy atom. The standard InChI is InChI=1S/C10H14N2O/c1-7(2)11-12-8(3)5-10(13)6-9(12)4/h5-6H,1-4H3. The van der Waals surface area contributed by atoms with Gasteiger partial charge in [-0.1, -0.05) is 0 Å². The highest BCUT2D eigenvalue weighted by atomic mass is 16.1. The largest absolute Gasteiger partial charge is 0.290 e. The fourth-order valence-electron chi connectivity index (χ4n) is 1.21. The average Bonchev–Trinajstić information content (AvgIpc) is 1.96. The van der Waals surface area contributed by atoms with Gasteiger partial charge in [-0.15, -0.1) is 0 Å². The third-order valence-corrected chi connectivity index (χ3v) is 1.67. The van der Waals surface area contributed by atoms with Gasteiger partial charge in [-0.25, -0.2) is 4.68 Å². The molecule has 13 heavy (non-hydrogen) atoms. The summed E-state index contributed by atoms with van der Waals surface area (Å²) in [5.41, 5.74) is 2.74. The van der Waals surface area contributed by atoms with E-state index in [1.807, 2.05) is 27.7 Å². The smallest absolute Gasteiger partial charge is 0.182 e. The molecule has 0 aliphatic carbocycles. The monoisotopic (exact) mass is 178 g/mol. The number of nitrogens with zero attached hydrogens (tertiary/aromatic N) is 2. The van der Waals surface area contributed by atoms with E-state index in [4.69, 9.17) is 0 Å². The summed E-state index contributed by atoms with van der Waals surface area (Å²) in [4.78, 5) is 11.1. The molecule has 0 saturated carbocycles. The quantitative estimate of drug-likeness (QED) is 0.603. The van der Waals surface area contributed by atoms with Crippen LogP contribution in [0.4, 0.5) is 0 Å². The molecule has 0 aliphatic heterocycles. The van der Waals surface area contributed by atoms with Gasteiger partial charge < -0.3 is 0 Å². The fourth-order valence-corrected chi connectivity index (χ4v) is 1.21. The van der Waals surface area contributed by atoms with Gasteiger partial charge in [0, 0.05) is 29.2 Å². The van der Waals surface area contributed by atoms with Crippen LogP contribution in [-0.2, 0) is 0 Å². The van der Waals surface area contributed by atoms with E-state index >= 15 is 0 Å². The molecule has 1 rings (SSSR count). The zero-order valence-corrected chi connectivity index (χ0v) is 8.46. The molecule has 1 heterocycles. The summed E-state index contributed by atoms with van der Waals surface area (Å²) in [5.74, 6) is 0. The summed E-state index contributed by atoms with van der Waals surface area (Å²) >= 11 is 0. The molecular formula is C10H14N2O. The first-order chi connectivity index (χ1) is 6.00. The van der Waals surface area contributed by atoms with E-state index in [0.717, 1.165) is 17.1 Å². The lowest BCUT2D eigenvalue weighted by molar-refractivity contribution is 0.783. The van der Waals surface area contributed by atoms with Crippen molar-refractivity contribution in [1.82, 2.24) is 4.68 Å². The van der Waals surface area contributed by atoms with Gasteiger partial charge in [0.2, 0.25) is 0 Å². The molecule has 0 amide bonds. The highest BCUT2D eigenvalue weighted by Gasteiger charge is 1.98. The van der Waals surface area contributed by atoms with Crippen LogP contribution >= 0.6 is 0 Å². The molecule has 0 unspecified atom stereocenters. The molecule has 1 aromatic rings. The summed E-state index contributed by atoms with van der Waals surface area (Å²) in [5, 5.41) is 4.29. The molecule has 1 aromatic heterocycles. The maximum Gasteiger partial charge on any atom is 0.182 e. The van der Waals surface area contributed by atoms with E-state index in [2.05, 4.69) is 5.10 Å². The molecule has 3 nitrogen and oxygen atoms in total. The zero-order valence-electron chi connectivity index (χ0n) is 8.46. The van der Waals surface area contributed by atoms with Crippen LogP contribution in [0, 0.1) is 13.8 Å². The van der Waals surface area contributed by atoms with Gasteiger partial charge in [-0.3, -0.25) is 4.79 Å². The first-order valence-corrected chi connectivity index (χ1v) is 4.23. The van der Waals surface area contributed by atoms with E-state index in [1.165, 1.54) is 0 Å². The van der Waals surface area contributed by atoms with Gasteiger partial charge in [-0.2, -0.15) is 5.10 Å². The number of aryl methyl sites for hydroxylation is 2. The molecule has 0 spiro atoms. The van der Waals surface area contributed by atoms with Crippen molar-refractivity contribution in [1.29, 1.82) is 0 Å². The first kappa shape index (κ1) is 9.71. The van der Waals surface area contributed by atoms with E-state index in [1.54, 1.807) is 16.8 Å². The lowest BCUT2D eigenvalue weighted by atomic mass is 10.3. The minimum Gasteiger partial charge on any atom is -0.290 e. The predicted molar refractivity (Wildman–Crippen MR) is 54.4 cm³/mol. The average molecular weight is 178 g/mol. The molecule has 3 heteroatoms. The normalized spacial score (nSPS) is 9.85. The van der Waals surface area contributed by atoms with Crippen LogP contribution in [0.2, 0.25) is 0 Å². The summed E-state index contributed by atoms with van der Waals surface area (Å²) < 4.78 is 1.77. The molecule has 0 radical (unpaired) electrons. The van der Waals surface area contributed by atoms with Crippen LogP contribution in [0.1, 0.15) is 25.2 Å². The number of hydrogen-bond acceptors (Lipinski definition) is 2. The minimum absolute atomic E-state index is 0.0372. The Hall–Kier alpha value is -1.38. The third kappa shape index (κ3) is 2.28. The Morgan fingerprint density at radius 1 is 1.23 bits per heavy atom. The second kappa shape index (κ2) is 3.56. The van der Waals surface area contributed by atoms with E-state index in [9.17, 15) is 4.79 Å². The van der Waals surface area contributed by atoms with Crippen molar-refractivity contribution in [2.45, 2.75) is 27.7 Å². The van der Waals surface area contributed by atoms with Crippen molar-refractivity contribution < 1.29 is 0 Å². The van der Waals surface area contributed by atoms with Crippen molar-refractivity contribution in [3.05, 3.63) is 33.7 Å². The van der Waals surface area contributed by atoms with Gasteiger partial charge >= 0.3 is 0 Å². The van der Waals surface area contributed by atoms with Crippen molar-refractivity contribution in [2.24, 2.45) is 5.10 Å². The van der Waals surface area contributed by atoms with Gasteiger partial charge in [0.1, 0.15) is 0 Å². The minimum atomic E-state index is 0.0372. The number of hydrogen-bond donors (Lipinski definition) is 0. The second-order valence-electron chi connectivity index (χ2n) is 3.33. The van der Waals surface area contributed by atoms with Gasteiger partial charge in [0.15, 0.2) is 5.43 Å². The Morgan fingerprint density at radius 3 is 2.08 bits per heavy atom. The SMILES string of the molecule is CC(C)=Nn1c(C)cc(=O)cc1C. The number of rotatable bonds is 1. The lowest BCUT2D eigenvalue weighted by Crippen LogP contribution is -2.10.